The monoisotopic (exact) mass is 353 g/mol. The number of fused-ring (bicyclic) bond motifs is 1. The molecular weight excluding hydrogens is 345 g/mol. The number of hydrogen-bond donors (Lipinski definition) is 1. The summed E-state index contributed by atoms with van der Waals surface area (Å²) in [5.74, 6) is -0.420. The molecule has 26 heavy (non-hydrogen) atoms. The van der Waals surface area contributed by atoms with Crippen LogP contribution in [0.2, 0.25) is 0 Å². The van der Waals surface area contributed by atoms with Gasteiger partial charge in [-0.25, -0.2) is 9.18 Å². The van der Waals surface area contributed by atoms with Gasteiger partial charge in [0.05, 0.1) is 4.92 Å². The van der Waals surface area contributed by atoms with E-state index in [0.29, 0.717) is 16.5 Å². The van der Waals surface area contributed by atoms with Crippen LogP contribution < -0.4 is 5.63 Å². The minimum atomic E-state index is -0.835. The maximum absolute atomic E-state index is 13.2. The van der Waals surface area contributed by atoms with Crippen molar-refractivity contribution >= 4 is 16.7 Å². The van der Waals surface area contributed by atoms with Crippen molar-refractivity contribution < 1.29 is 13.7 Å². The van der Waals surface area contributed by atoms with Gasteiger partial charge in [0.1, 0.15) is 11.4 Å². The van der Waals surface area contributed by atoms with Gasteiger partial charge in [-0.05, 0) is 40.6 Å². The van der Waals surface area contributed by atoms with Gasteiger partial charge in [0, 0.05) is 11.5 Å². The Morgan fingerprint density at radius 2 is 1.88 bits per heavy atom. The summed E-state index contributed by atoms with van der Waals surface area (Å²) < 4.78 is 18.4. The van der Waals surface area contributed by atoms with E-state index in [-0.39, 0.29) is 22.7 Å². The van der Waals surface area contributed by atoms with Gasteiger partial charge in [0.25, 0.3) is 0 Å². The van der Waals surface area contributed by atoms with E-state index in [2.05, 4.69) is 20.6 Å². The van der Waals surface area contributed by atoms with E-state index in [1.165, 1.54) is 42.5 Å². The molecule has 128 valence electrons. The number of benzene rings is 2. The van der Waals surface area contributed by atoms with Gasteiger partial charge < -0.3 is 4.42 Å². The zero-order valence-corrected chi connectivity index (χ0v) is 12.8. The SMILES string of the molecule is O=c1oc2c([N+](=O)[O-])ccc(-c3ccc(F)cc3)c2cc1-c1nn[nH]n1. The second-order valence-electron chi connectivity index (χ2n) is 5.32. The number of non-ortho nitro benzene ring substituents is 1. The smallest absolute Gasteiger partial charge is 0.347 e. The lowest BCUT2D eigenvalue weighted by Gasteiger charge is -2.07. The van der Waals surface area contributed by atoms with Crippen LogP contribution in [0.1, 0.15) is 0 Å². The minimum Gasteiger partial charge on any atom is -0.415 e. The summed E-state index contributed by atoms with van der Waals surface area (Å²) in [6.07, 6.45) is 0. The zero-order valence-electron chi connectivity index (χ0n) is 12.8. The van der Waals surface area contributed by atoms with Crippen LogP contribution in [0, 0.1) is 15.9 Å². The fourth-order valence-corrected chi connectivity index (χ4v) is 2.65. The van der Waals surface area contributed by atoms with Crippen molar-refractivity contribution in [1.29, 1.82) is 0 Å². The van der Waals surface area contributed by atoms with Gasteiger partial charge in [-0.3, -0.25) is 10.1 Å². The van der Waals surface area contributed by atoms with Gasteiger partial charge in [-0.15, -0.1) is 10.2 Å². The van der Waals surface area contributed by atoms with Crippen molar-refractivity contribution in [2.45, 2.75) is 0 Å². The highest BCUT2D eigenvalue weighted by molar-refractivity contribution is 5.99. The molecule has 0 aliphatic carbocycles. The quantitative estimate of drug-likeness (QED) is 0.341. The van der Waals surface area contributed by atoms with Gasteiger partial charge in [0.15, 0.2) is 0 Å². The second kappa shape index (κ2) is 5.84. The molecule has 0 spiro atoms. The topological polar surface area (TPSA) is 128 Å². The Morgan fingerprint density at radius 1 is 1.12 bits per heavy atom. The molecule has 0 amide bonds. The molecule has 0 bridgehead atoms. The molecule has 2 aromatic heterocycles. The third-order valence-corrected chi connectivity index (χ3v) is 3.82. The maximum atomic E-state index is 13.2. The van der Waals surface area contributed by atoms with Crippen molar-refractivity contribution in [3.63, 3.8) is 0 Å². The van der Waals surface area contributed by atoms with Crippen molar-refractivity contribution in [3.05, 3.63) is 68.8 Å². The second-order valence-corrected chi connectivity index (χ2v) is 5.32. The predicted octanol–water partition coefficient (Wildman–Crippen LogP) is 2.69. The number of tetrazole rings is 1. The Balaban J connectivity index is 2.08. The molecule has 2 heterocycles. The lowest BCUT2D eigenvalue weighted by Crippen LogP contribution is -2.05. The third kappa shape index (κ3) is 2.49. The normalized spacial score (nSPS) is 11.0. The first kappa shape index (κ1) is 15.6. The molecular formula is C16H8FN5O4. The number of aromatic nitrogens is 4. The standard InChI is InChI=1S/C16H8FN5O4/c17-9-3-1-8(2-4-9)10-5-6-13(22(24)25)14-11(10)7-12(16(23)26-14)15-18-20-21-19-15/h1-7H,(H,18,19,20,21). The first-order valence-electron chi connectivity index (χ1n) is 7.29. The summed E-state index contributed by atoms with van der Waals surface area (Å²) in [5, 5.41) is 24.7. The van der Waals surface area contributed by atoms with E-state index in [1.54, 1.807) is 0 Å². The molecule has 0 aliphatic heterocycles. The summed E-state index contributed by atoms with van der Waals surface area (Å²) in [7, 11) is 0. The van der Waals surface area contributed by atoms with E-state index in [4.69, 9.17) is 4.42 Å². The fraction of sp³-hybridized carbons (Fsp3) is 0. The highest BCUT2D eigenvalue weighted by Crippen LogP contribution is 2.35. The van der Waals surface area contributed by atoms with Crippen LogP contribution in [-0.4, -0.2) is 25.5 Å². The van der Waals surface area contributed by atoms with Crippen LogP contribution in [0.5, 0.6) is 0 Å². The van der Waals surface area contributed by atoms with E-state index in [9.17, 15) is 19.3 Å². The van der Waals surface area contributed by atoms with E-state index >= 15 is 0 Å². The van der Waals surface area contributed by atoms with Crippen LogP contribution in [0.4, 0.5) is 10.1 Å². The molecule has 0 radical (unpaired) electrons. The molecule has 0 unspecified atom stereocenters. The molecule has 0 fully saturated rings. The van der Waals surface area contributed by atoms with Crippen LogP contribution in [0.15, 0.2) is 51.7 Å². The number of rotatable bonds is 3. The maximum Gasteiger partial charge on any atom is 0.347 e. The molecule has 1 N–H and O–H groups in total. The van der Waals surface area contributed by atoms with Crippen molar-refractivity contribution in [3.8, 4) is 22.5 Å². The lowest BCUT2D eigenvalue weighted by molar-refractivity contribution is -0.383. The Labute approximate surface area is 143 Å². The fourth-order valence-electron chi connectivity index (χ4n) is 2.65. The molecule has 0 saturated heterocycles. The average Bonchev–Trinajstić information content (AvgIpc) is 3.15. The summed E-state index contributed by atoms with van der Waals surface area (Å²) in [4.78, 5) is 22.9. The van der Waals surface area contributed by atoms with Crippen LogP contribution >= 0.6 is 0 Å². The summed E-state index contributed by atoms with van der Waals surface area (Å²) in [6.45, 7) is 0. The molecule has 10 heteroatoms. The van der Waals surface area contributed by atoms with E-state index in [1.807, 2.05) is 0 Å². The number of halogens is 1. The van der Waals surface area contributed by atoms with Gasteiger partial charge in [-0.2, -0.15) is 5.21 Å². The number of nitrogens with zero attached hydrogens (tertiary/aromatic N) is 4. The number of hydrogen-bond acceptors (Lipinski definition) is 7. The number of nitro groups is 1. The minimum absolute atomic E-state index is 0.00258. The Kier molecular flexibility index (Phi) is 3.50. The highest BCUT2D eigenvalue weighted by Gasteiger charge is 2.21. The van der Waals surface area contributed by atoms with Crippen LogP contribution in [0.3, 0.4) is 0 Å². The van der Waals surface area contributed by atoms with Crippen molar-refractivity contribution in [2.75, 3.05) is 0 Å². The zero-order chi connectivity index (χ0) is 18.3. The van der Waals surface area contributed by atoms with E-state index < -0.39 is 16.4 Å². The Bertz CT molecular complexity index is 1190. The number of nitrogens with one attached hydrogen (secondary N) is 1. The first-order chi connectivity index (χ1) is 12.5. The van der Waals surface area contributed by atoms with E-state index in [0.717, 1.165) is 0 Å². The van der Waals surface area contributed by atoms with Crippen LogP contribution in [0.25, 0.3) is 33.5 Å². The first-order valence-corrected chi connectivity index (χ1v) is 7.29. The number of H-pyrrole nitrogens is 1. The summed E-state index contributed by atoms with van der Waals surface area (Å²) in [5.41, 5.74) is -0.261. The van der Waals surface area contributed by atoms with Gasteiger partial charge in [0.2, 0.25) is 11.4 Å². The molecule has 2 aromatic carbocycles. The number of aromatic amines is 1. The molecule has 9 nitrogen and oxygen atoms in total. The average molecular weight is 353 g/mol. The largest absolute Gasteiger partial charge is 0.415 e. The molecule has 4 rings (SSSR count). The molecule has 0 saturated carbocycles. The van der Waals surface area contributed by atoms with Crippen LogP contribution in [-0.2, 0) is 0 Å². The Hall–Kier alpha value is -3.95. The summed E-state index contributed by atoms with van der Waals surface area (Å²) >= 11 is 0. The molecule has 0 atom stereocenters. The summed E-state index contributed by atoms with van der Waals surface area (Å²) in [6, 6.07) is 9.72. The Morgan fingerprint density at radius 3 is 2.54 bits per heavy atom. The lowest BCUT2D eigenvalue weighted by atomic mass is 9.99. The highest BCUT2D eigenvalue weighted by atomic mass is 19.1. The predicted molar refractivity (Wildman–Crippen MR) is 87.7 cm³/mol. The van der Waals surface area contributed by atoms with Crippen molar-refractivity contribution in [2.24, 2.45) is 0 Å². The van der Waals surface area contributed by atoms with Gasteiger partial charge >= 0.3 is 11.3 Å². The molecule has 0 aliphatic rings. The van der Waals surface area contributed by atoms with Crippen molar-refractivity contribution in [1.82, 2.24) is 20.6 Å². The van der Waals surface area contributed by atoms with Gasteiger partial charge in [-0.1, -0.05) is 12.1 Å². The number of nitro benzene ring substituents is 1. The molecule has 4 aromatic rings. The third-order valence-electron chi connectivity index (χ3n) is 3.82.